The first-order chi connectivity index (χ1) is 13.3. The number of carbonyl (C=O) groups excluding carboxylic acids is 1. The highest BCUT2D eigenvalue weighted by Gasteiger charge is 2.17. The zero-order valence-electron chi connectivity index (χ0n) is 16.2. The number of para-hydroxylation sites is 1. The Morgan fingerprint density at radius 2 is 1.82 bits per heavy atom. The van der Waals surface area contributed by atoms with Gasteiger partial charge in [0.25, 0.3) is 0 Å². The number of nitrogens with zero attached hydrogens (tertiary/aromatic N) is 2. The minimum Gasteiger partial charge on any atom is -0.312 e. The third-order valence-corrected chi connectivity index (χ3v) is 5.70. The summed E-state index contributed by atoms with van der Waals surface area (Å²) in [6.07, 6.45) is 2.49. The van der Waals surface area contributed by atoms with Gasteiger partial charge in [-0.2, -0.15) is 5.10 Å². The molecule has 148 valence electrons. The van der Waals surface area contributed by atoms with Gasteiger partial charge in [-0.1, -0.05) is 35.9 Å². The van der Waals surface area contributed by atoms with E-state index >= 15 is 0 Å². The number of anilines is 1. The molecule has 1 amide bonds. The van der Waals surface area contributed by atoms with Gasteiger partial charge in [0.15, 0.2) is 0 Å². The molecule has 3 aromatic rings. The summed E-state index contributed by atoms with van der Waals surface area (Å²) in [4.78, 5) is 14.6. The van der Waals surface area contributed by atoms with Crippen molar-refractivity contribution in [2.45, 2.75) is 26.2 Å². The maximum Gasteiger partial charge on any atom is 0.227 e. The Morgan fingerprint density at radius 3 is 2.54 bits per heavy atom. The average molecular weight is 400 g/mol. The smallest absolute Gasteiger partial charge is 0.227 e. The summed E-state index contributed by atoms with van der Waals surface area (Å²) < 4.78 is 22.9. The minimum atomic E-state index is -3.06. The number of rotatable bonds is 8. The molecule has 2 aromatic carbocycles. The highest BCUT2D eigenvalue weighted by Crippen LogP contribution is 2.20. The summed E-state index contributed by atoms with van der Waals surface area (Å²) >= 11 is 0. The Labute approximate surface area is 165 Å². The Balaban J connectivity index is 1.72. The van der Waals surface area contributed by atoms with Crippen molar-refractivity contribution in [2.75, 3.05) is 23.5 Å². The largest absolute Gasteiger partial charge is 0.312 e. The number of hydrogen-bond donors (Lipinski definition) is 1. The summed E-state index contributed by atoms with van der Waals surface area (Å²) in [6, 6.07) is 15.5. The van der Waals surface area contributed by atoms with Gasteiger partial charge in [0.1, 0.15) is 9.84 Å². The van der Waals surface area contributed by atoms with Crippen LogP contribution in [0.15, 0.2) is 48.5 Å². The third-order valence-electron chi connectivity index (χ3n) is 4.67. The summed E-state index contributed by atoms with van der Waals surface area (Å²) in [5, 5.41) is 8.31. The number of H-pyrrole nitrogens is 1. The van der Waals surface area contributed by atoms with E-state index in [1.165, 1.54) is 6.26 Å². The summed E-state index contributed by atoms with van der Waals surface area (Å²) in [7, 11) is -3.06. The highest BCUT2D eigenvalue weighted by atomic mass is 32.2. The Hall–Kier alpha value is -2.67. The number of carbonyl (C=O) groups is 1. The van der Waals surface area contributed by atoms with Gasteiger partial charge in [-0.15, -0.1) is 0 Å². The van der Waals surface area contributed by atoms with Crippen molar-refractivity contribution in [3.63, 3.8) is 0 Å². The van der Waals surface area contributed by atoms with E-state index in [2.05, 4.69) is 10.2 Å². The van der Waals surface area contributed by atoms with E-state index in [1.807, 2.05) is 55.5 Å². The topological polar surface area (TPSA) is 83.1 Å². The van der Waals surface area contributed by atoms with Gasteiger partial charge in [-0.05, 0) is 38.0 Å². The van der Waals surface area contributed by atoms with Crippen LogP contribution in [0, 0.1) is 6.92 Å². The molecule has 0 saturated carbocycles. The van der Waals surface area contributed by atoms with Gasteiger partial charge >= 0.3 is 0 Å². The molecular formula is C21H25N3O3S. The predicted molar refractivity (Wildman–Crippen MR) is 112 cm³/mol. The number of amides is 1. The first-order valence-electron chi connectivity index (χ1n) is 9.30. The van der Waals surface area contributed by atoms with Crippen LogP contribution < -0.4 is 4.90 Å². The van der Waals surface area contributed by atoms with Gasteiger partial charge in [0.05, 0.1) is 11.3 Å². The quantitative estimate of drug-likeness (QED) is 0.630. The third kappa shape index (κ3) is 5.19. The van der Waals surface area contributed by atoms with Crippen LogP contribution in [0.2, 0.25) is 0 Å². The van der Waals surface area contributed by atoms with Crippen molar-refractivity contribution in [2.24, 2.45) is 0 Å². The summed E-state index contributed by atoms with van der Waals surface area (Å²) in [5.41, 5.74) is 3.72. The Kier molecular flexibility index (Phi) is 6.14. The first kappa shape index (κ1) is 20.1. The van der Waals surface area contributed by atoms with Crippen LogP contribution >= 0.6 is 0 Å². The zero-order chi connectivity index (χ0) is 20.1. The highest BCUT2D eigenvalue weighted by molar-refractivity contribution is 7.90. The molecule has 0 atom stereocenters. The number of aryl methyl sites for hydroxylation is 2. The number of aromatic nitrogens is 2. The Morgan fingerprint density at radius 1 is 1.11 bits per heavy atom. The van der Waals surface area contributed by atoms with Crippen LogP contribution in [-0.2, 0) is 21.1 Å². The molecule has 7 heteroatoms. The second-order valence-electron chi connectivity index (χ2n) is 7.08. The molecule has 28 heavy (non-hydrogen) atoms. The second-order valence-corrected chi connectivity index (χ2v) is 9.34. The summed E-state index contributed by atoms with van der Waals surface area (Å²) in [5.74, 6) is 0.0319. The van der Waals surface area contributed by atoms with Gasteiger partial charge in [0.2, 0.25) is 5.91 Å². The van der Waals surface area contributed by atoms with E-state index in [-0.39, 0.29) is 11.7 Å². The molecule has 1 N–H and O–H groups in total. The van der Waals surface area contributed by atoms with E-state index in [1.54, 1.807) is 4.90 Å². The maximum atomic E-state index is 13.0. The number of fused-ring (bicyclic) bond motifs is 1. The normalized spacial score (nSPS) is 11.6. The monoisotopic (exact) mass is 399 g/mol. The Bertz CT molecular complexity index is 1060. The number of nitrogens with one attached hydrogen (secondary N) is 1. The molecule has 0 fully saturated rings. The minimum absolute atomic E-state index is 0.0314. The molecule has 0 saturated heterocycles. The number of aromatic amines is 1. The lowest BCUT2D eigenvalue weighted by Crippen LogP contribution is -2.33. The zero-order valence-corrected chi connectivity index (χ0v) is 17.0. The van der Waals surface area contributed by atoms with E-state index in [4.69, 9.17) is 0 Å². The van der Waals surface area contributed by atoms with Crippen molar-refractivity contribution >= 4 is 32.3 Å². The van der Waals surface area contributed by atoms with Crippen LogP contribution in [-0.4, -0.2) is 43.1 Å². The lowest BCUT2D eigenvalue weighted by molar-refractivity contribution is -0.118. The van der Waals surface area contributed by atoms with Crippen LogP contribution in [0.1, 0.15) is 24.1 Å². The van der Waals surface area contributed by atoms with Gasteiger partial charge < -0.3 is 4.90 Å². The van der Waals surface area contributed by atoms with Gasteiger partial charge in [0, 0.05) is 36.0 Å². The van der Waals surface area contributed by atoms with E-state index in [0.717, 1.165) is 27.8 Å². The van der Waals surface area contributed by atoms with Crippen molar-refractivity contribution in [3.8, 4) is 0 Å². The molecule has 0 bridgehead atoms. The second kappa shape index (κ2) is 8.56. The molecule has 0 spiro atoms. The molecule has 1 heterocycles. The fourth-order valence-electron chi connectivity index (χ4n) is 3.18. The number of hydrogen-bond acceptors (Lipinski definition) is 4. The lowest BCUT2D eigenvalue weighted by Gasteiger charge is -2.23. The van der Waals surface area contributed by atoms with Crippen molar-refractivity contribution in [1.82, 2.24) is 10.2 Å². The first-order valence-corrected chi connectivity index (χ1v) is 11.4. The molecular weight excluding hydrogens is 374 g/mol. The number of benzene rings is 2. The molecule has 1 aromatic heterocycles. The maximum absolute atomic E-state index is 13.0. The lowest BCUT2D eigenvalue weighted by atomic mass is 10.1. The molecule has 3 rings (SSSR count). The summed E-state index contributed by atoms with van der Waals surface area (Å²) in [6.45, 7) is 2.36. The fraction of sp³-hybridized carbons (Fsp3) is 0.333. The van der Waals surface area contributed by atoms with E-state index in [9.17, 15) is 13.2 Å². The number of sulfone groups is 1. The van der Waals surface area contributed by atoms with Crippen molar-refractivity contribution in [3.05, 3.63) is 59.8 Å². The molecule has 6 nitrogen and oxygen atoms in total. The van der Waals surface area contributed by atoms with Crippen molar-refractivity contribution < 1.29 is 13.2 Å². The van der Waals surface area contributed by atoms with Crippen LogP contribution in [0.25, 0.3) is 10.9 Å². The molecule has 0 aliphatic rings. The fourth-order valence-corrected chi connectivity index (χ4v) is 3.83. The molecule has 0 radical (unpaired) electrons. The van der Waals surface area contributed by atoms with E-state index in [0.29, 0.717) is 25.8 Å². The molecule has 0 aliphatic carbocycles. The average Bonchev–Trinajstić information content (AvgIpc) is 3.07. The standard InChI is InChI=1S/C21H25N3O3S/c1-16-8-10-17(11-9-16)24(14-5-15-28(2,26)27)21(25)13-12-20-18-6-3-4-7-19(18)22-23-20/h3-4,6-11H,5,12-15H2,1-2H3,(H,22,23). The van der Waals surface area contributed by atoms with Gasteiger partial charge in [-0.3, -0.25) is 9.89 Å². The SMILES string of the molecule is Cc1ccc(N(CCCS(C)(=O)=O)C(=O)CCc2[nH]nc3ccccc23)cc1. The van der Waals surface area contributed by atoms with E-state index < -0.39 is 9.84 Å². The van der Waals surface area contributed by atoms with Crippen molar-refractivity contribution in [1.29, 1.82) is 0 Å². The van der Waals surface area contributed by atoms with Crippen LogP contribution in [0.4, 0.5) is 5.69 Å². The molecule has 0 aliphatic heterocycles. The van der Waals surface area contributed by atoms with Crippen LogP contribution in [0.5, 0.6) is 0 Å². The predicted octanol–water partition coefficient (Wildman–Crippen LogP) is 3.27. The van der Waals surface area contributed by atoms with Gasteiger partial charge in [-0.25, -0.2) is 8.42 Å². The van der Waals surface area contributed by atoms with Crippen LogP contribution in [0.3, 0.4) is 0 Å². The molecule has 0 unspecified atom stereocenters.